The predicted molar refractivity (Wildman–Crippen MR) is 546 cm³/mol. The van der Waals surface area contributed by atoms with E-state index in [0.717, 1.165) is 0 Å². The van der Waals surface area contributed by atoms with Crippen molar-refractivity contribution in [3.63, 3.8) is 0 Å². The normalized spacial score (nSPS) is 14.1. The number of aromatic nitrogens is 2. The number of nitrogens with two attached hydrogens (primary N) is 8. The molecule has 2 heterocycles. The number of fused-ring (bicyclic) bond motifs is 2. The highest BCUT2D eigenvalue weighted by Gasteiger charge is 2.39. The second-order valence-corrected chi connectivity index (χ2v) is 36.5. The maximum absolute atomic E-state index is 15.6. The van der Waals surface area contributed by atoms with Crippen molar-refractivity contribution in [2.45, 2.75) is 254 Å². The number of rotatable bonds is 69. The largest absolute Gasteiger partial charge is 0.370 e. The monoisotopic (exact) mass is 2030 g/mol. The molecule has 5 aromatic rings. The molecule has 0 bridgehead atoms. The number of thiol groups is 1. The quantitative estimate of drug-likeness (QED) is 0.00752. The standard InChI is InChI=1S/C93H147N31O17S2/c1-52(2)44-70(78(129)110-50-76(127)111-53(3)77(98)128)121-82(133)63(29-14-17-38-95)113-79(130)62(28-13-16-37-94)114-86(137)69(36-43-143-5)120-81(132)65(31-19-40-105-91(99)100)117-88(139)72(46-56-48-108-60-26-11-9-24-58(56)60)123-85(136)68(34-35-75(97)126)119-89(140)73(47-57-49-109-61-27-12-10-25-59(57)61)122-83(134)67(33-21-42-107-93(103)104)115-80(131)66(32-20-41-106-92(101)102)118-90(141)74(51-142)124-84(135)64(30-15-18-39-96)116-87(138)71(112-54(4)125)45-55-22-7-6-8-23-55/h6-12,22-27,48-49,52-53,62-74,108-109,142H,13-21,28-47,50-51,94-96H2,1-5H3,(H2,97,126)(H2,98,128)(H,110,129)(H,111,127)(H,112,125)(H,113,130)(H,114,137)(H,115,131)(H,116,138)(H,117,139)(H,118,141)(H,119,140)(H,120,132)(H,121,133)(H,122,134)(H,123,136)(H,124,135)(H4,99,100,105)(H4,101,102,106)(H4,103,104,107)/t53-,62-,63-,64-,65-,66-,67-,68-,69-,70-,71-,72-,73-,74-/m0/s1. The van der Waals surface area contributed by atoms with Crippen LogP contribution in [0.2, 0.25) is 0 Å². The number of benzene rings is 3. The minimum Gasteiger partial charge on any atom is -0.370 e. The van der Waals surface area contributed by atoms with Gasteiger partial charge in [0.05, 0.1) is 6.54 Å². The lowest BCUT2D eigenvalue weighted by Gasteiger charge is -2.29. The Kier molecular flexibility index (Phi) is 54.0. The van der Waals surface area contributed by atoms with Crippen LogP contribution in [-0.4, -0.2) is 276 Å². The van der Waals surface area contributed by atoms with Crippen LogP contribution in [0.4, 0.5) is 0 Å². The number of amides is 17. The van der Waals surface area contributed by atoms with E-state index in [0.29, 0.717) is 70.6 Å². The van der Waals surface area contributed by atoms with Crippen molar-refractivity contribution >= 4 is 164 Å². The summed E-state index contributed by atoms with van der Waals surface area (Å²) in [6.07, 6.45) is 4.66. The van der Waals surface area contributed by atoms with Crippen molar-refractivity contribution in [3.05, 3.63) is 108 Å². The predicted octanol–water partition coefficient (Wildman–Crippen LogP) is -4.72. The highest BCUT2D eigenvalue weighted by molar-refractivity contribution is 7.98. The minimum absolute atomic E-state index is 0.00261. The Bertz CT molecular complexity index is 5070. The number of hydrogen-bond acceptors (Lipinski definition) is 25. The van der Waals surface area contributed by atoms with Crippen molar-refractivity contribution in [1.82, 2.24) is 106 Å². The summed E-state index contributed by atoms with van der Waals surface area (Å²) in [4.78, 5) is 249. The van der Waals surface area contributed by atoms with Gasteiger partial charge in [0.2, 0.25) is 100 Å². The second-order valence-electron chi connectivity index (χ2n) is 35.1. The molecule has 0 aliphatic heterocycles. The lowest BCUT2D eigenvalue weighted by molar-refractivity contribution is -0.136. The first-order chi connectivity index (χ1) is 68.2. The fourth-order valence-corrected chi connectivity index (χ4v) is 16.1. The Labute approximate surface area is 840 Å². The molecule has 0 aliphatic carbocycles. The highest BCUT2D eigenvalue weighted by atomic mass is 32.2. The molecular weight excluding hydrogens is 1890 g/mol. The zero-order chi connectivity index (χ0) is 106. The summed E-state index contributed by atoms with van der Waals surface area (Å²) < 4.78 is 0. The molecule has 5 rings (SSSR count). The van der Waals surface area contributed by atoms with Crippen molar-refractivity contribution < 1.29 is 81.5 Å². The molecule has 39 N–H and O–H groups in total. The van der Waals surface area contributed by atoms with E-state index in [1.807, 2.05) is 0 Å². The number of primary amides is 2. The molecule has 14 atom stereocenters. The molecule has 0 saturated heterocycles. The summed E-state index contributed by atoms with van der Waals surface area (Å²) in [6.45, 7) is 6.16. The lowest BCUT2D eigenvalue weighted by Crippen LogP contribution is -2.61. The molecule has 50 heteroatoms. The highest BCUT2D eigenvalue weighted by Crippen LogP contribution is 2.23. The van der Waals surface area contributed by atoms with Crippen molar-refractivity contribution in [1.29, 1.82) is 16.2 Å². The van der Waals surface area contributed by atoms with Crippen LogP contribution in [0.5, 0.6) is 0 Å². The SMILES string of the molecule is CSCC[C@H](NC(=O)[C@H](CCCNC(=N)N)NC(=O)[C@H](Cc1c[nH]c2ccccc12)NC(=O)[C@H](CCC(N)=O)NC(=O)[C@H](Cc1c[nH]c2ccccc12)NC(=O)[C@H](CCCNC(=N)N)NC(=O)[C@H](CCCNC(=N)N)NC(=O)[C@H](CS)NC(=O)[C@H](CCCCN)NC(=O)[C@H](Cc1ccccc1)NC(C)=O)C(=O)N[C@@H](CCCCN)C(=O)N[C@@H](CCCCN)C(=O)N[C@@H](CC(C)C)C(=O)NCC(=O)N[C@@H](C)C(N)=O. The second kappa shape index (κ2) is 64.5. The number of carbonyl (C=O) groups excluding carboxylic acids is 17. The molecule has 0 aliphatic rings. The Morgan fingerprint density at radius 2 is 0.671 bits per heavy atom. The number of aromatic amines is 2. The van der Waals surface area contributed by atoms with Gasteiger partial charge in [-0.15, -0.1) is 0 Å². The topological polar surface area (TPSA) is 818 Å². The van der Waals surface area contributed by atoms with Gasteiger partial charge in [-0.05, 0) is 189 Å². The van der Waals surface area contributed by atoms with Gasteiger partial charge in [-0.2, -0.15) is 24.4 Å². The Balaban J connectivity index is 1.53. The van der Waals surface area contributed by atoms with Crippen LogP contribution >= 0.6 is 24.4 Å². The fraction of sp³-hybridized carbons (Fsp3) is 0.548. The summed E-state index contributed by atoms with van der Waals surface area (Å²) in [6, 6.07) is 2.35. The van der Waals surface area contributed by atoms with Gasteiger partial charge in [0.25, 0.3) is 0 Å². The van der Waals surface area contributed by atoms with E-state index in [9.17, 15) is 52.7 Å². The Hall–Kier alpha value is -13.9. The third-order valence-electron chi connectivity index (χ3n) is 23.0. The van der Waals surface area contributed by atoms with Gasteiger partial charge in [-0.25, -0.2) is 0 Å². The number of carbonyl (C=O) groups is 17. The Morgan fingerprint density at radius 3 is 1.01 bits per heavy atom. The van der Waals surface area contributed by atoms with Crippen molar-refractivity contribution in [2.24, 2.45) is 51.8 Å². The van der Waals surface area contributed by atoms with Crippen LogP contribution in [0.15, 0.2) is 91.3 Å². The zero-order valence-corrected chi connectivity index (χ0v) is 83.4. The summed E-state index contributed by atoms with van der Waals surface area (Å²) in [5.41, 5.74) is 48.4. The molecule has 0 saturated carbocycles. The van der Waals surface area contributed by atoms with Gasteiger partial charge in [0.1, 0.15) is 84.6 Å². The maximum Gasteiger partial charge on any atom is 0.244 e. The summed E-state index contributed by atoms with van der Waals surface area (Å²) in [5, 5.41) is 72.7. The molecule has 0 radical (unpaired) electrons. The van der Waals surface area contributed by atoms with E-state index >= 15 is 28.8 Å². The van der Waals surface area contributed by atoms with Crippen LogP contribution in [0.1, 0.15) is 166 Å². The number of unbranched alkanes of at least 4 members (excludes halogenated alkanes) is 3. The zero-order valence-electron chi connectivity index (χ0n) is 81.7. The van der Waals surface area contributed by atoms with Gasteiger partial charge in [-0.3, -0.25) is 97.7 Å². The van der Waals surface area contributed by atoms with Crippen LogP contribution in [0.3, 0.4) is 0 Å². The van der Waals surface area contributed by atoms with E-state index in [-0.39, 0.29) is 153 Å². The summed E-state index contributed by atoms with van der Waals surface area (Å²) in [7, 11) is 0. The first kappa shape index (κ1) is 120. The number of hydrogen-bond donors (Lipinski definition) is 32. The molecule has 788 valence electrons. The summed E-state index contributed by atoms with van der Waals surface area (Å²) >= 11 is 5.70. The van der Waals surface area contributed by atoms with Gasteiger partial charge in [-0.1, -0.05) is 80.6 Å². The first-order valence-electron chi connectivity index (χ1n) is 47.8. The molecule has 17 amide bonds. The molecule has 143 heavy (non-hydrogen) atoms. The van der Waals surface area contributed by atoms with E-state index in [2.05, 4.69) is 118 Å². The third-order valence-corrected chi connectivity index (χ3v) is 24.0. The van der Waals surface area contributed by atoms with Crippen LogP contribution in [0.25, 0.3) is 21.8 Å². The van der Waals surface area contributed by atoms with E-state index in [1.165, 1.54) is 25.6 Å². The Morgan fingerprint density at radius 1 is 0.357 bits per heavy atom. The molecule has 0 fully saturated rings. The maximum atomic E-state index is 15.6. The molecular formula is C93H147N31O17S2. The molecule has 0 spiro atoms. The van der Waals surface area contributed by atoms with Gasteiger partial charge in [0.15, 0.2) is 17.9 Å². The minimum atomic E-state index is -1.80. The van der Waals surface area contributed by atoms with E-state index in [4.69, 9.17) is 62.1 Å². The average molecular weight is 2040 g/mol. The summed E-state index contributed by atoms with van der Waals surface area (Å²) in [5.74, 6) is -16.5. The lowest BCUT2D eigenvalue weighted by atomic mass is 10.0. The number of nitrogens with one attached hydrogen (secondary N) is 23. The number of thioether (sulfide) groups is 1. The first-order valence-corrected chi connectivity index (χ1v) is 49.9. The fourth-order valence-electron chi connectivity index (χ4n) is 15.3. The van der Waals surface area contributed by atoms with Crippen LogP contribution in [-0.2, 0) is 101 Å². The third kappa shape index (κ3) is 44.4. The van der Waals surface area contributed by atoms with Crippen molar-refractivity contribution in [3.8, 4) is 0 Å². The molecule has 2 aromatic heterocycles. The van der Waals surface area contributed by atoms with Gasteiger partial charge < -0.3 is 152 Å². The number of para-hydroxylation sites is 2. The smallest absolute Gasteiger partial charge is 0.244 e. The molecule has 3 aromatic carbocycles. The molecule has 0 unspecified atom stereocenters. The van der Waals surface area contributed by atoms with Crippen LogP contribution < -0.4 is 142 Å². The van der Waals surface area contributed by atoms with E-state index < -0.39 is 222 Å². The number of H-pyrrole nitrogens is 2. The molecule has 48 nitrogen and oxygen atoms in total. The van der Waals surface area contributed by atoms with Gasteiger partial charge >= 0.3 is 0 Å². The average Bonchev–Trinajstić information content (AvgIpc) is 1.69. The van der Waals surface area contributed by atoms with Crippen LogP contribution in [0, 0.1) is 22.1 Å². The van der Waals surface area contributed by atoms with Crippen molar-refractivity contribution in [2.75, 3.05) is 63.6 Å². The number of guanidine groups is 3. The van der Waals surface area contributed by atoms with Gasteiger partial charge in [0, 0.05) is 92.2 Å². The van der Waals surface area contributed by atoms with E-state index in [1.54, 1.807) is 111 Å².